The molecule has 0 bridgehead atoms. The molecule has 11 heavy (non-hydrogen) atoms. The number of aliphatic hydroxyl groups is 1. The maximum absolute atomic E-state index is 9.91. The van der Waals surface area contributed by atoms with E-state index < -0.39 is 5.60 Å². The van der Waals surface area contributed by atoms with Crippen molar-refractivity contribution in [2.24, 2.45) is 5.92 Å². The molecule has 1 rings (SSSR count). The summed E-state index contributed by atoms with van der Waals surface area (Å²) in [6.45, 7) is 3.97. The second-order valence-corrected chi connectivity index (χ2v) is 3.74. The molecule has 0 aliphatic heterocycles. The highest BCUT2D eigenvalue weighted by Crippen LogP contribution is 2.34. The van der Waals surface area contributed by atoms with Crippen molar-refractivity contribution in [3.05, 3.63) is 12.2 Å². The van der Waals surface area contributed by atoms with Crippen LogP contribution in [0.3, 0.4) is 0 Å². The van der Waals surface area contributed by atoms with E-state index in [-0.39, 0.29) is 0 Å². The van der Waals surface area contributed by atoms with Crippen molar-refractivity contribution in [3.8, 4) is 0 Å². The number of hydrogen-bond acceptors (Lipinski definition) is 1. The van der Waals surface area contributed by atoms with Gasteiger partial charge >= 0.3 is 0 Å². The summed E-state index contributed by atoms with van der Waals surface area (Å²) in [5, 5.41) is 9.91. The van der Waals surface area contributed by atoms with E-state index in [4.69, 9.17) is 0 Å². The maximum Gasteiger partial charge on any atom is 0.0682 e. The summed E-state index contributed by atoms with van der Waals surface area (Å²) < 4.78 is 0. The smallest absolute Gasteiger partial charge is 0.0682 e. The minimum Gasteiger partial charge on any atom is -0.390 e. The third-order valence-electron chi connectivity index (χ3n) is 2.67. The van der Waals surface area contributed by atoms with E-state index in [0.29, 0.717) is 5.92 Å². The van der Waals surface area contributed by atoms with Gasteiger partial charge in [0.1, 0.15) is 0 Å². The Labute approximate surface area is 69.1 Å². The number of rotatable bonds is 1. The normalized spacial score (nSPS) is 39.7. The fourth-order valence-corrected chi connectivity index (χ4v) is 1.88. The first kappa shape index (κ1) is 8.79. The van der Waals surface area contributed by atoms with Crippen molar-refractivity contribution in [2.45, 2.75) is 45.1 Å². The molecule has 0 aromatic rings. The molecule has 2 atom stereocenters. The summed E-state index contributed by atoms with van der Waals surface area (Å²) >= 11 is 0. The molecule has 0 spiro atoms. The first-order chi connectivity index (χ1) is 5.17. The first-order valence-corrected chi connectivity index (χ1v) is 4.52. The van der Waals surface area contributed by atoms with Gasteiger partial charge in [-0.3, -0.25) is 0 Å². The number of hydrogen-bond donors (Lipinski definition) is 1. The van der Waals surface area contributed by atoms with Gasteiger partial charge in [-0.1, -0.05) is 25.0 Å². The maximum atomic E-state index is 9.91. The molecule has 0 aromatic heterocycles. The summed E-state index contributed by atoms with van der Waals surface area (Å²) in [5.41, 5.74) is -0.440. The van der Waals surface area contributed by atoms with Crippen molar-refractivity contribution in [3.63, 3.8) is 0 Å². The van der Waals surface area contributed by atoms with Crippen LogP contribution in [0.1, 0.15) is 39.5 Å². The molecule has 1 saturated carbocycles. The standard InChI is InChI=1S/C10H18O/c1-3-6-9-7-4-5-8-10(9,2)11/h3,6,9,11H,4-5,7-8H2,1-2H3/b6-3+/t9-,10-/m0/s1. The SMILES string of the molecule is C/C=C/[C@H]1CCCC[C@]1(C)O. The zero-order valence-electron chi connectivity index (χ0n) is 7.51. The van der Waals surface area contributed by atoms with Gasteiger partial charge in [0.2, 0.25) is 0 Å². The molecule has 1 nitrogen and oxygen atoms in total. The van der Waals surface area contributed by atoms with E-state index in [1.165, 1.54) is 12.8 Å². The van der Waals surface area contributed by atoms with Crippen LogP contribution in [0.4, 0.5) is 0 Å². The zero-order chi connectivity index (χ0) is 8.32. The molecule has 0 aromatic carbocycles. The molecule has 1 fully saturated rings. The van der Waals surface area contributed by atoms with E-state index in [1.807, 2.05) is 19.9 Å². The second-order valence-electron chi connectivity index (χ2n) is 3.74. The van der Waals surface area contributed by atoms with Crippen molar-refractivity contribution in [2.75, 3.05) is 0 Å². The minimum atomic E-state index is -0.440. The minimum absolute atomic E-state index is 0.390. The molecule has 1 aliphatic carbocycles. The van der Waals surface area contributed by atoms with Crippen LogP contribution < -0.4 is 0 Å². The lowest BCUT2D eigenvalue weighted by Crippen LogP contribution is -2.36. The fraction of sp³-hybridized carbons (Fsp3) is 0.800. The van der Waals surface area contributed by atoms with Gasteiger partial charge in [0.15, 0.2) is 0 Å². The Bertz CT molecular complexity index is 147. The Hall–Kier alpha value is -0.300. The Kier molecular flexibility index (Phi) is 2.72. The van der Waals surface area contributed by atoms with Crippen LogP contribution in [0.25, 0.3) is 0 Å². The molecular weight excluding hydrogens is 136 g/mol. The third-order valence-corrected chi connectivity index (χ3v) is 2.67. The van der Waals surface area contributed by atoms with Crippen LogP contribution in [-0.2, 0) is 0 Å². The molecule has 1 N–H and O–H groups in total. The van der Waals surface area contributed by atoms with E-state index in [9.17, 15) is 5.11 Å². The highest BCUT2D eigenvalue weighted by Gasteiger charge is 2.31. The lowest BCUT2D eigenvalue weighted by molar-refractivity contribution is -0.0122. The largest absolute Gasteiger partial charge is 0.390 e. The quantitative estimate of drug-likeness (QED) is 0.575. The average molecular weight is 154 g/mol. The Balaban J connectivity index is 2.59. The van der Waals surface area contributed by atoms with Gasteiger partial charge in [-0.2, -0.15) is 0 Å². The van der Waals surface area contributed by atoms with Gasteiger partial charge < -0.3 is 5.11 Å². The van der Waals surface area contributed by atoms with E-state index in [1.54, 1.807) is 0 Å². The molecule has 0 amide bonds. The molecule has 0 saturated heterocycles. The van der Waals surface area contributed by atoms with Crippen LogP contribution in [-0.4, -0.2) is 10.7 Å². The Morgan fingerprint density at radius 1 is 1.45 bits per heavy atom. The second kappa shape index (κ2) is 3.40. The summed E-state index contributed by atoms with van der Waals surface area (Å²) in [5.74, 6) is 0.390. The monoisotopic (exact) mass is 154 g/mol. The topological polar surface area (TPSA) is 20.2 Å². The predicted molar refractivity (Wildman–Crippen MR) is 47.4 cm³/mol. The van der Waals surface area contributed by atoms with Gasteiger partial charge in [-0.25, -0.2) is 0 Å². The Morgan fingerprint density at radius 3 is 2.73 bits per heavy atom. The molecule has 0 heterocycles. The highest BCUT2D eigenvalue weighted by atomic mass is 16.3. The summed E-state index contributed by atoms with van der Waals surface area (Å²) in [4.78, 5) is 0. The van der Waals surface area contributed by atoms with Gasteiger partial charge in [-0.05, 0) is 26.7 Å². The predicted octanol–water partition coefficient (Wildman–Crippen LogP) is 2.50. The molecule has 1 aliphatic rings. The molecular formula is C10H18O. The third kappa shape index (κ3) is 2.06. The zero-order valence-corrected chi connectivity index (χ0v) is 7.51. The van der Waals surface area contributed by atoms with Crippen molar-refractivity contribution >= 4 is 0 Å². The van der Waals surface area contributed by atoms with Crippen LogP contribution >= 0.6 is 0 Å². The number of allylic oxidation sites excluding steroid dienone is 1. The van der Waals surface area contributed by atoms with Gasteiger partial charge in [0, 0.05) is 5.92 Å². The van der Waals surface area contributed by atoms with Crippen molar-refractivity contribution in [1.29, 1.82) is 0 Å². The molecule has 64 valence electrons. The Morgan fingerprint density at radius 2 is 2.18 bits per heavy atom. The van der Waals surface area contributed by atoms with E-state index in [0.717, 1.165) is 12.8 Å². The van der Waals surface area contributed by atoms with Crippen LogP contribution in [0.2, 0.25) is 0 Å². The van der Waals surface area contributed by atoms with Gasteiger partial charge in [-0.15, -0.1) is 0 Å². The van der Waals surface area contributed by atoms with Crippen molar-refractivity contribution < 1.29 is 5.11 Å². The van der Waals surface area contributed by atoms with Crippen molar-refractivity contribution in [1.82, 2.24) is 0 Å². The lowest BCUT2D eigenvalue weighted by atomic mass is 9.76. The van der Waals surface area contributed by atoms with E-state index in [2.05, 4.69) is 6.08 Å². The lowest BCUT2D eigenvalue weighted by Gasteiger charge is -2.35. The van der Waals surface area contributed by atoms with E-state index >= 15 is 0 Å². The first-order valence-electron chi connectivity index (χ1n) is 4.52. The van der Waals surface area contributed by atoms with Gasteiger partial charge in [0.25, 0.3) is 0 Å². The highest BCUT2D eigenvalue weighted by molar-refractivity contribution is 4.98. The summed E-state index contributed by atoms with van der Waals surface area (Å²) in [7, 11) is 0. The molecule has 0 radical (unpaired) electrons. The summed E-state index contributed by atoms with van der Waals surface area (Å²) in [6, 6.07) is 0. The van der Waals surface area contributed by atoms with Gasteiger partial charge in [0.05, 0.1) is 5.60 Å². The van der Waals surface area contributed by atoms with Crippen LogP contribution in [0.5, 0.6) is 0 Å². The summed E-state index contributed by atoms with van der Waals surface area (Å²) in [6.07, 6.45) is 8.75. The van der Waals surface area contributed by atoms with Crippen LogP contribution in [0.15, 0.2) is 12.2 Å². The fourth-order valence-electron chi connectivity index (χ4n) is 1.88. The molecule has 1 heteroatoms. The van der Waals surface area contributed by atoms with Crippen LogP contribution in [0, 0.1) is 5.92 Å². The molecule has 0 unspecified atom stereocenters. The average Bonchev–Trinajstić information content (AvgIpc) is 1.94.